The van der Waals surface area contributed by atoms with Gasteiger partial charge in [0, 0.05) is 6.04 Å². The third-order valence-electron chi connectivity index (χ3n) is 3.96. The molecule has 0 radical (unpaired) electrons. The molecule has 2 fully saturated rings. The van der Waals surface area contributed by atoms with Crippen molar-refractivity contribution in [2.45, 2.75) is 45.2 Å². The zero-order valence-electron chi connectivity index (χ0n) is 8.49. The third-order valence-corrected chi connectivity index (χ3v) is 3.96. The Morgan fingerprint density at radius 2 is 2.08 bits per heavy atom. The number of nitrogens with one attached hydrogen (secondary N) is 1. The highest BCUT2D eigenvalue weighted by molar-refractivity contribution is 5.59. The summed E-state index contributed by atoms with van der Waals surface area (Å²) in [6, 6.07) is 0.752. The van der Waals surface area contributed by atoms with Crippen LogP contribution in [-0.4, -0.2) is 18.4 Å². The van der Waals surface area contributed by atoms with Gasteiger partial charge in [-0.2, -0.15) is 0 Å². The van der Waals surface area contributed by atoms with E-state index in [4.69, 9.17) is 0 Å². The summed E-state index contributed by atoms with van der Waals surface area (Å²) in [4.78, 5) is 10.8. The molecule has 0 aromatic rings. The molecule has 1 saturated heterocycles. The lowest BCUT2D eigenvalue weighted by molar-refractivity contribution is -0.110. The van der Waals surface area contributed by atoms with Crippen LogP contribution in [0.2, 0.25) is 0 Å². The second-order valence-electron chi connectivity index (χ2n) is 4.88. The quantitative estimate of drug-likeness (QED) is 0.622. The lowest BCUT2D eigenvalue weighted by atomic mass is 9.75. The number of hydrogen-bond acceptors (Lipinski definition) is 2. The van der Waals surface area contributed by atoms with E-state index in [1.54, 1.807) is 0 Å². The van der Waals surface area contributed by atoms with Gasteiger partial charge in [-0.25, -0.2) is 0 Å². The Morgan fingerprint density at radius 3 is 2.77 bits per heavy atom. The minimum Gasteiger partial charge on any atom is -0.304 e. The zero-order chi connectivity index (χ0) is 9.42. The molecule has 1 aliphatic carbocycles. The van der Waals surface area contributed by atoms with E-state index in [0.717, 1.165) is 18.1 Å². The molecule has 2 nitrogen and oxygen atoms in total. The van der Waals surface area contributed by atoms with E-state index in [1.807, 2.05) is 0 Å². The highest BCUT2D eigenvalue weighted by atomic mass is 16.1. The third kappa shape index (κ3) is 1.52. The number of rotatable bonds is 1. The summed E-state index contributed by atoms with van der Waals surface area (Å²) >= 11 is 0. The zero-order valence-corrected chi connectivity index (χ0v) is 8.49. The summed E-state index contributed by atoms with van der Waals surface area (Å²) in [7, 11) is 0. The minimum atomic E-state index is 0.125. The first kappa shape index (κ1) is 9.20. The minimum absolute atomic E-state index is 0.125. The fourth-order valence-corrected chi connectivity index (χ4v) is 3.04. The van der Waals surface area contributed by atoms with Crippen LogP contribution in [0, 0.1) is 17.8 Å². The molecular formula is C11H19NO. The number of hydrogen-bond donors (Lipinski definition) is 1. The van der Waals surface area contributed by atoms with Crippen molar-refractivity contribution < 1.29 is 4.79 Å². The largest absolute Gasteiger partial charge is 0.304 e. The molecule has 2 rings (SSSR count). The Bertz CT molecular complexity index is 204. The summed E-state index contributed by atoms with van der Waals surface area (Å²) in [5.41, 5.74) is 0. The number of fused-ring (bicyclic) bond motifs is 1. The van der Waals surface area contributed by atoms with E-state index in [9.17, 15) is 4.79 Å². The highest BCUT2D eigenvalue weighted by Gasteiger charge is 2.42. The van der Waals surface area contributed by atoms with Crippen LogP contribution in [-0.2, 0) is 4.79 Å². The predicted molar refractivity (Wildman–Crippen MR) is 52.4 cm³/mol. The monoisotopic (exact) mass is 181 g/mol. The van der Waals surface area contributed by atoms with Gasteiger partial charge >= 0.3 is 0 Å². The van der Waals surface area contributed by atoms with E-state index < -0.39 is 0 Å². The molecule has 1 heterocycles. The van der Waals surface area contributed by atoms with E-state index in [2.05, 4.69) is 19.2 Å². The molecule has 5 atom stereocenters. The molecular weight excluding hydrogens is 162 g/mol. The molecule has 0 amide bonds. The topological polar surface area (TPSA) is 29.1 Å². The molecule has 2 aliphatic rings. The fraction of sp³-hybridized carbons (Fsp3) is 0.909. The van der Waals surface area contributed by atoms with Crippen molar-refractivity contribution in [1.29, 1.82) is 0 Å². The lowest BCUT2D eigenvalue weighted by Gasteiger charge is -2.31. The maximum atomic E-state index is 10.8. The Balaban J connectivity index is 2.07. The summed E-state index contributed by atoms with van der Waals surface area (Å²) in [5, 5.41) is 3.44. The first-order chi connectivity index (χ1) is 6.22. The summed E-state index contributed by atoms with van der Waals surface area (Å²) < 4.78 is 0. The van der Waals surface area contributed by atoms with Crippen molar-refractivity contribution in [3.63, 3.8) is 0 Å². The van der Waals surface area contributed by atoms with Gasteiger partial charge in [-0.15, -0.1) is 0 Å². The van der Waals surface area contributed by atoms with Gasteiger partial charge in [0.05, 0.1) is 6.04 Å². The number of carbonyl (C=O) groups excluding carboxylic acids is 1. The molecule has 1 aliphatic heterocycles. The van der Waals surface area contributed by atoms with E-state index >= 15 is 0 Å². The lowest BCUT2D eigenvalue weighted by Crippen LogP contribution is -2.35. The molecule has 1 saturated carbocycles. The van der Waals surface area contributed by atoms with Crippen molar-refractivity contribution in [1.82, 2.24) is 5.32 Å². The molecule has 0 aromatic carbocycles. The molecule has 13 heavy (non-hydrogen) atoms. The highest BCUT2D eigenvalue weighted by Crippen LogP contribution is 2.39. The Hall–Kier alpha value is -0.370. The first-order valence-electron chi connectivity index (χ1n) is 5.43. The van der Waals surface area contributed by atoms with E-state index in [1.165, 1.54) is 19.3 Å². The summed E-state index contributed by atoms with van der Waals surface area (Å²) in [6.45, 7) is 4.55. The molecule has 5 unspecified atom stereocenters. The standard InChI is InChI=1S/C11H19NO/c1-7-3-4-10-9(5-7)8(2)11(6-13)12-10/h6-12H,3-5H2,1-2H3. The second kappa shape index (κ2) is 3.41. The maximum Gasteiger partial charge on any atom is 0.137 e. The average molecular weight is 181 g/mol. The average Bonchev–Trinajstić information content (AvgIpc) is 2.44. The van der Waals surface area contributed by atoms with E-state index in [-0.39, 0.29) is 6.04 Å². The summed E-state index contributed by atoms with van der Waals surface area (Å²) in [5.74, 6) is 2.15. The predicted octanol–water partition coefficient (Wildman–Crippen LogP) is 1.60. The van der Waals surface area contributed by atoms with Gasteiger partial charge in [0.2, 0.25) is 0 Å². The second-order valence-corrected chi connectivity index (χ2v) is 4.88. The number of carbonyl (C=O) groups is 1. The maximum absolute atomic E-state index is 10.8. The van der Waals surface area contributed by atoms with Crippen molar-refractivity contribution in [3.8, 4) is 0 Å². The van der Waals surface area contributed by atoms with Crippen LogP contribution in [0.5, 0.6) is 0 Å². The van der Waals surface area contributed by atoms with Gasteiger partial charge in [0.1, 0.15) is 6.29 Å². The molecule has 0 spiro atoms. The fourth-order valence-electron chi connectivity index (χ4n) is 3.04. The molecule has 0 bridgehead atoms. The van der Waals surface area contributed by atoms with Crippen LogP contribution in [0.1, 0.15) is 33.1 Å². The Labute approximate surface area is 80.1 Å². The van der Waals surface area contributed by atoms with Gasteiger partial charge in [-0.1, -0.05) is 13.8 Å². The van der Waals surface area contributed by atoms with Crippen molar-refractivity contribution >= 4 is 6.29 Å². The van der Waals surface area contributed by atoms with Crippen molar-refractivity contribution in [2.24, 2.45) is 17.8 Å². The molecule has 1 N–H and O–H groups in total. The van der Waals surface area contributed by atoms with Crippen LogP contribution in [0.15, 0.2) is 0 Å². The van der Waals surface area contributed by atoms with Crippen LogP contribution < -0.4 is 5.32 Å². The molecule has 2 heteroatoms. The van der Waals surface area contributed by atoms with Gasteiger partial charge in [0.25, 0.3) is 0 Å². The smallest absolute Gasteiger partial charge is 0.137 e. The van der Waals surface area contributed by atoms with Crippen molar-refractivity contribution in [3.05, 3.63) is 0 Å². The SMILES string of the molecule is CC1CCC2NC(C=O)C(C)C2C1. The Kier molecular flexibility index (Phi) is 2.41. The molecule has 0 aromatic heterocycles. The van der Waals surface area contributed by atoms with Crippen LogP contribution in [0.4, 0.5) is 0 Å². The van der Waals surface area contributed by atoms with Gasteiger partial charge in [-0.3, -0.25) is 0 Å². The molecule has 74 valence electrons. The number of aldehydes is 1. The normalized spacial score (nSPS) is 50.2. The van der Waals surface area contributed by atoms with E-state index in [0.29, 0.717) is 12.0 Å². The van der Waals surface area contributed by atoms with Gasteiger partial charge in [-0.05, 0) is 37.0 Å². The van der Waals surface area contributed by atoms with Crippen molar-refractivity contribution in [2.75, 3.05) is 0 Å². The van der Waals surface area contributed by atoms with Gasteiger partial charge in [0.15, 0.2) is 0 Å². The summed E-state index contributed by atoms with van der Waals surface area (Å²) in [6.07, 6.45) is 4.99. The van der Waals surface area contributed by atoms with Crippen LogP contribution in [0.25, 0.3) is 0 Å². The van der Waals surface area contributed by atoms with Crippen LogP contribution in [0.3, 0.4) is 0 Å². The van der Waals surface area contributed by atoms with Crippen LogP contribution >= 0.6 is 0 Å². The first-order valence-corrected chi connectivity index (χ1v) is 5.43. The Morgan fingerprint density at radius 1 is 1.31 bits per heavy atom. The van der Waals surface area contributed by atoms with Gasteiger partial charge < -0.3 is 10.1 Å².